The van der Waals surface area contributed by atoms with Gasteiger partial charge in [-0.2, -0.15) is 0 Å². The number of rotatable bonds is 4. The van der Waals surface area contributed by atoms with Crippen LogP contribution < -0.4 is 10.8 Å². The van der Waals surface area contributed by atoms with E-state index in [2.05, 4.69) is 10.3 Å². The van der Waals surface area contributed by atoms with Crippen molar-refractivity contribution in [2.45, 2.75) is 71.0 Å². The Morgan fingerprint density at radius 1 is 1.17 bits per heavy atom. The number of aryl methyl sites for hydroxylation is 1. The Labute approximate surface area is 177 Å². The van der Waals surface area contributed by atoms with Gasteiger partial charge in [-0.3, -0.25) is 9.78 Å². The molecular formula is C23H28BFN2O3. The quantitative estimate of drug-likeness (QED) is 0.762. The van der Waals surface area contributed by atoms with Gasteiger partial charge in [0.2, 0.25) is 0 Å². The topological polar surface area (TPSA) is 60.5 Å². The second kappa shape index (κ2) is 7.47. The van der Waals surface area contributed by atoms with Gasteiger partial charge in [0.1, 0.15) is 5.82 Å². The van der Waals surface area contributed by atoms with Crippen molar-refractivity contribution >= 4 is 24.2 Å². The maximum atomic E-state index is 14.7. The van der Waals surface area contributed by atoms with Crippen LogP contribution in [0.3, 0.4) is 0 Å². The van der Waals surface area contributed by atoms with Crippen LogP contribution in [0.5, 0.6) is 0 Å². The second-order valence-corrected chi connectivity index (χ2v) is 9.33. The first-order chi connectivity index (χ1) is 14.1. The Kier molecular flexibility index (Phi) is 5.23. The summed E-state index contributed by atoms with van der Waals surface area (Å²) in [7, 11) is -0.627. The zero-order valence-electron chi connectivity index (χ0n) is 18.2. The molecule has 0 bridgehead atoms. The molecule has 158 valence electrons. The van der Waals surface area contributed by atoms with Crippen molar-refractivity contribution in [1.29, 1.82) is 0 Å². The smallest absolute Gasteiger partial charge is 0.399 e. The highest BCUT2D eigenvalue weighted by atomic mass is 19.1. The summed E-state index contributed by atoms with van der Waals surface area (Å²) >= 11 is 0. The summed E-state index contributed by atoms with van der Waals surface area (Å²) in [5.41, 5.74) is 1.92. The van der Waals surface area contributed by atoms with Gasteiger partial charge in [0.25, 0.3) is 5.91 Å². The highest BCUT2D eigenvalue weighted by Gasteiger charge is 2.52. The molecule has 1 saturated heterocycles. The van der Waals surface area contributed by atoms with Gasteiger partial charge in [0.05, 0.1) is 16.9 Å². The fourth-order valence-corrected chi connectivity index (χ4v) is 3.72. The minimum absolute atomic E-state index is 0.109. The predicted octanol–water partition coefficient (Wildman–Crippen LogP) is 4.35. The Balaban J connectivity index is 1.58. The monoisotopic (exact) mass is 410 g/mol. The third-order valence-corrected chi connectivity index (χ3v) is 6.68. The fraction of sp³-hybridized carbons (Fsp3) is 0.478. The Morgan fingerprint density at radius 2 is 1.83 bits per heavy atom. The molecule has 1 N–H and O–H groups in total. The molecule has 2 aliphatic rings. The van der Waals surface area contributed by atoms with Crippen LogP contribution in [-0.4, -0.2) is 29.2 Å². The van der Waals surface area contributed by atoms with Crippen molar-refractivity contribution in [2.24, 2.45) is 0 Å². The minimum atomic E-state index is -0.627. The molecule has 2 heterocycles. The van der Waals surface area contributed by atoms with Crippen LogP contribution in [0.25, 0.3) is 0 Å². The molecule has 30 heavy (non-hydrogen) atoms. The average molecular weight is 410 g/mol. The molecule has 1 aliphatic carbocycles. The molecular weight excluding hydrogens is 382 g/mol. The number of carbonyl (C=O) groups is 1. The first kappa shape index (κ1) is 21.0. The summed E-state index contributed by atoms with van der Waals surface area (Å²) in [5.74, 6) is -0.432. The van der Waals surface area contributed by atoms with Crippen molar-refractivity contribution < 1.29 is 18.5 Å². The molecule has 1 aliphatic heterocycles. The van der Waals surface area contributed by atoms with E-state index in [1.54, 1.807) is 24.4 Å². The molecule has 2 aromatic rings. The first-order valence-electron chi connectivity index (χ1n) is 10.5. The molecule has 0 unspecified atom stereocenters. The van der Waals surface area contributed by atoms with Crippen LogP contribution in [0.4, 0.5) is 10.1 Å². The van der Waals surface area contributed by atoms with Crippen molar-refractivity contribution in [2.75, 3.05) is 5.32 Å². The average Bonchev–Trinajstić information content (AvgIpc) is 2.83. The molecule has 5 nitrogen and oxygen atoms in total. The van der Waals surface area contributed by atoms with E-state index in [-0.39, 0.29) is 11.6 Å². The maximum Gasteiger partial charge on any atom is 0.495 e. The van der Waals surface area contributed by atoms with E-state index in [0.717, 1.165) is 18.5 Å². The fourth-order valence-electron chi connectivity index (χ4n) is 3.72. The number of hydrogen-bond donors (Lipinski definition) is 1. The number of nitrogens with zero attached hydrogens (tertiary/aromatic N) is 1. The van der Waals surface area contributed by atoms with Crippen molar-refractivity contribution in [3.63, 3.8) is 0 Å². The number of pyridine rings is 1. The van der Waals surface area contributed by atoms with Gasteiger partial charge >= 0.3 is 7.12 Å². The summed E-state index contributed by atoms with van der Waals surface area (Å²) in [6.45, 7) is 9.69. The lowest BCUT2D eigenvalue weighted by Gasteiger charge is -2.32. The summed E-state index contributed by atoms with van der Waals surface area (Å²) in [6, 6.07) is 6.47. The third-order valence-electron chi connectivity index (χ3n) is 6.68. The number of anilines is 1. The van der Waals surface area contributed by atoms with Crippen LogP contribution in [0.2, 0.25) is 0 Å². The summed E-state index contributed by atoms with van der Waals surface area (Å²) in [5, 5.41) is 2.71. The Morgan fingerprint density at radius 3 is 2.43 bits per heavy atom. The summed E-state index contributed by atoms with van der Waals surface area (Å²) in [6.07, 6.45) is 5.03. The van der Waals surface area contributed by atoms with Crippen LogP contribution >= 0.6 is 0 Å². The van der Waals surface area contributed by atoms with Gasteiger partial charge in [-0.05, 0) is 82.8 Å². The molecule has 1 saturated carbocycles. The van der Waals surface area contributed by atoms with Gasteiger partial charge < -0.3 is 14.6 Å². The van der Waals surface area contributed by atoms with Gasteiger partial charge in [0.15, 0.2) is 0 Å². The molecule has 2 fully saturated rings. The Bertz CT molecular complexity index is 972. The lowest BCUT2D eigenvalue weighted by molar-refractivity contribution is 0.00578. The van der Waals surface area contributed by atoms with Gasteiger partial charge in [-0.15, -0.1) is 0 Å². The van der Waals surface area contributed by atoms with Crippen molar-refractivity contribution in [1.82, 2.24) is 4.98 Å². The molecule has 1 aromatic heterocycles. The van der Waals surface area contributed by atoms with Crippen LogP contribution in [0.15, 0.2) is 30.5 Å². The molecule has 1 amide bonds. The third kappa shape index (κ3) is 3.76. The first-order valence-corrected chi connectivity index (χ1v) is 10.5. The number of amides is 1. The van der Waals surface area contributed by atoms with Crippen molar-refractivity contribution in [3.05, 3.63) is 53.1 Å². The lowest BCUT2D eigenvalue weighted by Crippen LogP contribution is -2.41. The van der Waals surface area contributed by atoms with E-state index in [4.69, 9.17) is 9.31 Å². The van der Waals surface area contributed by atoms with E-state index in [1.807, 2.05) is 34.6 Å². The molecule has 4 rings (SSSR count). The Hall–Kier alpha value is -2.25. The van der Waals surface area contributed by atoms with E-state index in [1.165, 1.54) is 12.5 Å². The predicted molar refractivity (Wildman–Crippen MR) is 116 cm³/mol. The van der Waals surface area contributed by atoms with E-state index >= 15 is 0 Å². The number of benzene rings is 1. The minimum Gasteiger partial charge on any atom is -0.399 e. The number of nitrogens with one attached hydrogen (secondary N) is 1. The maximum absolute atomic E-state index is 14.7. The van der Waals surface area contributed by atoms with Crippen molar-refractivity contribution in [3.8, 4) is 0 Å². The molecule has 7 heteroatoms. The number of aromatic nitrogens is 1. The second-order valence-electron chi connectivity index (χ2n) is 9.33. The molecule has 0 radical (unpaired) electrons. The zero-order valence-corrected chi connectivity index (χ0v) is 18.2. The number of hydrogen-bond acceptors (Lipinski definition) is 4. The summed E-state index contributed by atoms with van der Waals surface area (Å²) < 4.78 is 26.9. The van der Waals surface area contributed by atoms with Gasteiger partial charge in [0, 0.05) is 23.4 Å². The van der Waals surface area contributed by atoms with Crippen LogP contribution in [0, 0.1) is 12.7 Å². The molecule has 0 atom stereocenters. The van der Waals surface area contributed by atoms with E-state index in [0.29, 0.717) is 22.5 Å². The number of halogens is 1. The van der Waals surface area contributed by atoms with E-state index < -0.39 is 24.1 Å². The lowest BCUT2D eigenvalue weighted by atomic mass is 9.76. The highest BCUT2D eigenvalue weighted by molar-refractivity contribution is 6.62. The zero-order chi connectivity index (χ0) is 21.7. The summed E-state index contributed by atoms with van der Waals surface area (Å²) in [4.78, 5) is 17.2. The van der Waals surface area contributed by atoms with Gasteiger partial charge in [-0.1, -0.05) is 6.42 Å². The molecule has 1 aromatic carbocycles. The van der Waals surface area contributed by atoms with Gasteiger partial charge in [-0.25, -0.2) is 4.39 Å². The standard InChI is InChI=1S/C23H28BFN2O3/c1-14-11-18(25)20(13-17(14)24-29-22(2,3)23(4,5)30-24)27-21(28)16-9-10-26-19(12-16)15-7-6-8-15/h9-13,15H,6-8H2,1-5H3,(H,27,28). The largest absolute Gasteiger partial charge is 0.495 e. The normalized spacial score (nSPS) is 20.1. The van der Waals surface area contributed by atoms with Crippen LogP contribution in [0.1, 0.15) is 74.5 Å². The number of carbonyl (C=O) groups excluding carboxylic acids is 1. The highest BCUT2D eigenvalue weighted by Crippen LogP contribution is 2.37. The van der Waals surface area contributed by atoms with E-state index in [9.17, 15) is 9.18 Å². The SMILES string of the molecule is Cc1cc(F)c(NC(=O)c2ccnc(C3CCC3)c2)cc1B1OC(C)(C)C(C)(C)O1. The van der Waals surface area contributed by atoms with Crippen LogP contribution in [-0.2, 0) is 9.31 Å². The molecule has 0 spiro atoms.